The van der Waals surface area contributed by atoms with Crippen LogP contribution >= 0.6 is 11.8 Å². The second-order valence-electron chi connectivity index (χ2n) is 5.94. The van der Waals surface area contributed by atoms with Gasteiger partial charge < -0.3 is 4.42 Å². The van der Waals surface area contributed by atoms with Gasteiger partial charge in [0.25, 0.3) is 0 Å². The fourth-order valence-electron chi connectivity index (χ4n) is 2.75. The zero-order valence-electron chi connectivity index (χ0n) is 13.5. The number of furan rings is 1. The van der Waals surface area contributed by atoms with Gasteiger partial charge in [-0.05, 0) is 61.4 Å². The molecule has 0 N–H and O–H groups in total. The van der Waals surface area contributed by atoms with Crippen molar-refractivity contribution >= 4 is 23.6 Å². The molecule has 2 aromatic carbocycles. The monoisotopic (exact) mass is 332 g/mol. The van der Waals surface area contributed by atoms with Crippen molar-refractivity contribution in [3.8, 4) is 11.3 Å². The number of fused-ring (bicyclic) bond motifs is 1. The van der Waals surface area contributed by atoms with E-state index >= 15 is 0 Å². The van der Waals surface area contributed by atoms with Gasteiger partial charge in [0, 0.05) is 16.0 Å². The quantitative estimate of drug-likeness (QED) is 0.548. The number of hydrogen-bond donors (Lipinski definition) is 0. The molecule has 0 radical (unpaired) electrons. The van der Waals surface area contributed by atoms with Crippen LogP contribution in [0, 0.1) is 13.8 Å². The van der Waals surface area contributed by atoms with E-state index in [4.69, 9.17) is 4.42 Å². The van der Waals surface area contributed by atoms with Crippen molar-refractivity contribution in [1.82, 2.24) is 0 Å². The summed E-state index contributed by atoms with van der Waals surface area (Å²) in [5, 5.41) is 0. The van der Waals surface area contributed by atoms with Crippen LogP contribution in [-0.4, -0.2) is 5.78 Å². The SMILES string of the molecule is Cc1ccc(-c2ccc(/C=C3\Sc4ccccc4C3=O)o2)cc1C. The number of aryl methyl sites for hydroxylation is 2. The van der Waals surface area contributed by atoms with Gasteiger partial charge in [-0.2, -0.15) is 0 Å². The fraction of sp³-hybridized carbons (Fsp3) is 0.0952. The summed E-state index contributed by atoms with van der Waals surface area (Å²) >= 11 is 1.50. The Bertz CT molecular complexity index is 979. The molecule has 0 atom stereocenters. The van der Waals surface area contributed by atoms with Gasteiger partial charge in [-0.1, -0.05) is 36.0 Å². The minimum absolute atomic E-state index is 0.0692. The summed E-state index contributed by atoms with van der Waals surface area (Å²) in [4.78, 5) is 14.1. The Morgan fingerprint density at radius 1 is 0.958 bits per heavy atom. The van der Waals surface area contributed by atoms with Gasteiger partial charge in [0.15, 0.2) is 0 Å². The number of carbonyl (C=O) groups is 1. The van der Waals surface area contributed by atoms with Gasteiger partial charge in [0.1, 0.15) is 11.5 Å². The lowest BCUT2D eigenvalue weighted by atomic mass is 10.1. The molecule has 0 fully saturated rings. The molecule has 2 nitrogen and oxygen atoms in total. The molecule has 0 unspecified atom stereocenters. The predicted molar refractivity (Wildman–Crippen MR) is 98.2 cm³/mol. The molecule has 3 aromatic rings. The van der Waals surface area contributed by atoms with E-state index in [2.05, 4.69) is 32.0 Å². The molecular weight excluding hydrogens is 316 g/mol. The zero-order chi connectivity index (χ0) is 16.7. The van der Waals surface area contributed by atoms with Crippen molar-refractivity contribution in [2.24, 2.45) is 0 Å². The third-order valence-corrected chi connectivity index (χ3v) is 5.37. The van der Waals surface area contributed by atoms with Crippen LogP contribution in [0.4, 0.5) is 0 Å². The molecule has 0 spiro atoms. The van der Waals surface area contributed by atoms with Gasteiger partial charge >= 0.3 is 0 Å². The number of ketones is 1. The normalized spacial score (nSPS) is 15.1. The summed E-state index contributed by atoms with van der Waals surface area (Å²) < 4.78 is 5.93. The topological polar surface area (TPSA) is 30.2 Å². The largest absolute Gasteiger partial charge is 0.457 e. The summed E-state index contributed by atoms with van der Waals surface area (Å²) in [6.07, 6.45) is 1.83. The smallest absolute Gasteiger partial charge is 0.200 e. The van der Waals surface area contributed by atoms with E-state index in [1.165, 1.54) is 22.9 Å². The second-order valence-corrected chi connectivity index (χ2v) is 7.02. The molecule has 1 aliphatic heterocycles. The maximum Gasteiger partial charge on any atom is 0.200 e. The first-order valence-electron chi connectivity index (χ1n) is 7.82. The number of Topliss-reactive ketones (excluding diaryl/α,β-unsaturated/α-hetero) is 1. The molecule has 4 rings (SSSR count). The summed E-state index contributed by atoms with van der Waals surface area (Å²) in [5.74, 6) is 1.59. The van der Waals surface area contributed by atoms with Gasteiger partial charge in [-0.25, -0.2) is 0 Å². The van der Waals surface area contributed by atoms with Crippen molar-refractivity contribution in [2.45, 2.75) is 18.7 Å². The van der Waals surface area contributed by atoms with Crippen molar-refractivity contribution < 1.29 is 9.21 Å². The molecular formula is C21H16O2S. The first-order chi connectivity index (χ1) is 11.6. The molecule has 2 heterocycles. The third kappa shape index (κ3) is 2.61. The Hall–Kier alpha value is -2.52. The molecule has 3 heteroatoms. The van der Waals surface area contributed by atoms with Crippen LogP contribution < -0.4 is 0 Å². The van der Waals surface area contributed by atoms with E-state index in [1.807, 2.05) is 42.5 Å². The van der Waals surface area contributed by atoms with Crippen LogP contribution in [-0.2, 0) is 0 Å². The first-order valence-corrected chi connectivity index (χ1v) is 8.64. The average Bonchev–Trinajstić information content (AvgIpc) is 3.16. The number of thioether (sulfide) groups is 1. The predicted octanol–water partition coefficient (Wildman–Crippen LogP) is 5.89. The lowest BCUT2D eigenvalue weighted by Gasteiger charge is -2.02. The first kappa shape index (κ1) is 15.0. The number of carbonyl (C=O) groups excluding carboxylic acids is 1. The summed E-state index contributed by atoms with van der Waals surface area (Å²) in [7, 11) is 0. The van der Waals surface area contributed by atoms with Crippen molar-refractivity contribution in [1.29, 1.82) is 0 Å². The Kier molecular flexibility index (Phi) is 3.66. The minimum Gasteiger partial charge on any atom is -0.457 e. The van der Waals surface area contributed by atoms with Crippen LogP contribution in [0.3, 0.4) is 0 Å². The summed E-state index contributed by atoms with van der Waals surface area (Å²) in [5.41, 5.74) is 4.32. The Labute approximate surface area is 145 Å². The van der Waals surface area contributed by atoms with E-state index in [0.717, 1.165) is 21.8 Å². The van der Waals surface area contributed by atoms with Crippen LogP contribution in [0.25, 0.3) is 17.4 Å². The number of hydrogen-bond acceptors (Lipinski definition) is 3. The Morgan fingerprint density at radius 3 is 2.58 bits per heavy atom. The molecule has 0 amide bonds. The molecule has 0 aliphatic carbocycles. The molecule has 1 aromatic heterocycles. The van der Waals surface area contributed by atoms with Crippen LogP contribution in [0.5, 0.6) is 0 Å². The highest BCUT2D eigenvalue weighted by Crippen LogP contribution is 2.40. The summed E-state index contributed by atoms with van der Waals surface area (Å²) in [6, 6.07) is 17.8. The highest BCUT2D eigenvalue weighted by atomic mass is 32.2. The number of allylic oxidation sites excluding steroid dienone is 1. The lowest BCUT2D eigenvalue weighted by molar-refractivity contribution is 0.104. The molecule has 24 heavy (non-hydrogen) atoms. The highest BCUT2D eigenvalue weighted by molar-refractivity contribution is 8.04. The molecule has 0 saturated carbocycles. The van der Waals surface area contributed by atoms with Crippen LogP contribution in [0.2, 0.25) is 0 Å². The molecule has 0 saturated heterocycles. The Morgan fingerprint density at radius 2 is 1.79 bits per heavy atom. The van der Waals surface area contributed by atoms with Gasteiger partial charge in [0.2, 0.25) is 5.78 Å². The van der Waals surface area contributed by atoms with Crippen LogP contribution in [0.1, 0.15) is 27.2 Å². The molecule has 0 bridgehead atoms. The van der Waals surface area contributed by atoms with Crippen molar-refractivity contribution in [2.75, 3.05) is 0 Å². The van der Waals surface area contributed by atoms with Crippen LogP contribution in [0.15, 0.2) is 68.8 Å². The highest BCUT2D eigenvalue weighted by Gasteiger charge is 2.25. The number of rotatable bonds is 2. The van der Waals surface area contributed by atoms with Gasteiger partial charge in [-0.15, -0.1) is 0 Å². The zero-order valence-corrected chi connectivity index (χ0v) is 14.3. The van der Waals surface area contributed by atoms with Gasteiger partial charge in [0.05, 0.1) is 4.91 Å². The number of benzene rings is 2. The maximum atomic E-state index is 12.4. The van der Waals surface area contributed by atoms with E-state index in [0.29, 0.717) is 10.7 Å². The van der Waals surface area contributed by atoms with Crippen molar-refractivity contribution in [3.05, 3.63) is 82.0 Å². The average molecular weight is 332 g/mol. The van der Waals surface area contributed by atoms with E-state index in [-0.39, 0.29) is 5.78 Å². The minimum atomic E-state index is 0.0692. The van der Waals surface area contributed by atoms with E-state index < -0.39 is 0 Å². The van der Waals surface area contributed by atoms with Gasteiger partial charge in [-0.3, -0.25) is 4.79 Å². The lowest BCUT2D eigenvalue weighted by Crippen LogP contribution is -1.93. The maximum absolute atomic E-state index is 12.4. The molecule has 118 valence electrons. The molecule has 1 aliphatic rings. The van der Waals surface area contributed by atoms with Crippen molar-refractivity contribution in [3.63, 3.8) is 0 Å². The summed E-state index contributed by atoms with van der Waals surface area (Å²) in [6.45, 7) is 4.19. The third-order valence-electron chi connectivity index (χ3n) is 4.27. The van der Waals surface area contributed by atoms with E-state index in [9.17, 15) is 4.79 Å². The standard InChI is InChI=1S/C21H16O2S/c1-13-7-8-15(11-14(13)2)18-10-9-16(23-18)12-20-21(22)17-5-3-4-6-19(17)24-20/h3-12H,1-2H3/b20-12-. The fourth-order valence-corrected chi connectivity index (χ4v) is 3.78. The second kappa shape index (κ2) is 5.84. The van der Waals surface area contributed by atoms with E-state index in [1.54, 1.807) is 0 Å². The Balaban J connectivity index is 1.64.